The van der Waals surface area contributed by atoms with Gasteiger partial charge in [0, 0.05) is 18.7 Å². The number of amides is 1. The first-order valence-electron chi connectivity index (χ1n) is 9.70. The Morgan fingerprint density at radius 3 is 2.76 bits per heavy atom. The van der Waals surface area contributed by atoms with Crippen LogP contribution in [0.25, 0.3) is 17.1 Å². The summed E-state index contributed by atoms with van der Waals surface area (Å²) in [7, 11) is 0. The fourth-order valence-corrected chi connectivity index (χ4v) is 3.32. The van der Waals surface area contributed by atoms with E-state index in [2.05, 4.69) is 46.5 Å². The Bertz CT molecular complexity index is 984. The molecule has 1 aromatic carbocycles. The number of benzene rings is 1. The molecule has 3 rings (SSSR count). The van der Waals surface area contributed by atoms with Gasteiger partial charge < -0.3 is 10.6 Å². The van der Waals surface area contributed by atoms with Crippen LogP contribution in [0.1, 0.15) is 26.3 Å². The van der Waals surface area contributed by atoms with Crippen molar-refractivity contribution in [3.05, 3.63) is 48.2 Å². The first-order valence-corrected chi connectivity index (χ1v) is 10.7. The van der Waals surface area contributed by atoms with Crippen molar-refractivity contribution in [1.82, 2.24) is 25.1 Å². The molecule has 3 aromatic rings. The Labute approximate surface area is 175 Å². The number of nitrogens with one attached hydrogen (secondary N) is 2. The molecule has 0 aliphatic carbocycles. The van der Waals surface area contributed by atoms with Gasteiger partial charge in [-0.05, 0) is 31.2 Å². The molecule has 152 valence electrons. The van der Waals surface area contributed by atoms with Crippen LogP contribution in [0.3, 0.4) is 0 Å². The molecule has 2 N–H and O–H groups in total. The molecule has 0 atom stereocenters. The number of fused-ring (bicyclic) bond motifs is 1. The predicted octanol–water partition coefficient (Wildman–Crippen LogP) is 3.59. The van der Waals surface area contributed by atoms with Gasteiger partial charge >= 0.3 is 0 Å². The lowest BCUT2D eigenvalue weighted by atomic mass is 10.2. The first-order chi connectivity index (χ1) is 14.1. The third-order valence-corrected chi connectivity index (χ3v) is 4.75. The average Bonchev–Trinajstić information content (AvgIpc) is 3.10. The summed E-state index contributed by atoms with van der Waals surface area (Å²) in [5, 5.41) is 12.3. The Kier molecular flexibility index (Phi) is 7.24. The minimum atomic E-state index is -0.135. The maximum absolute atomic E-state index is 12.1. The molecule has 2 aromatic heterocycles. The number of anilines is 1. The lowest BCUT2D eigenvalue weighted by Crippen LogP contribution is -2.25. The molecular weight excluding hydrogens is 384 g/mol. The van der Waals surface area contributed by atoms with Crippen molar-refractivity contribution >= 4 is 40.6 Å². The largest absolute Gasteiger partial charge is 0.367 e. The first kappa shape index (κ1) is 20.9. The van der Waals surface area contributed by atoms with Crippen molar-refractivity contribution in [2.75, 3.05) is 17.6 Å². The van der Waals surface area contributed by atoms with Crippen LogP contribution in [0.2, 0.25) is 0 Å². The summed E-state index contributed by atoms with van der Waals surface area (Å²) in [6, 6.07) is 9.99. The average molecular weight is 411 g/mol. The zero-order valence-electron chi connectivity index (χ0n) is 16.9. The van der Waals surface area contributed by atoms with Crippen LogP contribution >= 0.6 is 11.8 Å². The van der Waals surface area contributed by atoms with Crippen LogP contribution in [0.4, 0.5) is 5.82 Å². The number of thioether (sulfide) groups is 1. The van der Waals surface area contributed by atoms with Gasteiger partial charge in [0.25, 0.3) is 0 Å². The van der Waals surface area contributed by atoms with Crippen LogP contribution in [-0.2, 0) is 11.3 Å². The zero-order chi connectivity index (χ0) is 20.6. The topological polar surface area (TPSA) is 84.7 Å². The quantitative estimate of drug-likeness (QED) is 0.319. The minimum Gasteiger partial charge on any atom is -0.367 e. The van der Waals surface area contributed by atoms with Crippen LogP contribution < -0.4 is 10.6 Å². The van der Waals surface area contributed by atoms with Gasteiger partial charge in [-0.2, -0.15) is 5.10 Å². The van der Waals surface area contributed by atoms with Crippen LogP contribution in [0.5, 0.6) is 0 Å². The molecule has 0 saturated heterocycles. The molecule has 0 bridgehead atoms. The maximum atomic E-state index is 12.1. The molecule has 7 nitrogen and oxygen atoms in total. The van der Waals surface area contributed by atoms with E-state index in [0.717, 1.165) is 33.3 Å². The van der Waals surface area contributed by atoms with E-state index in [0.29, 0.717) is 13.1 Å². The smallest absolute Gasteiger partial charge is 0.244 e. The third-order valence-electron chi connectivity index (χ3n) is 4.02. The van der Waals surface area contributed by atoms with Crippen molar-refractivity contribution in [1.29, 1.82) is 0 Å². The van der Waals surface area contributed by atoms with E-state index in [1.54, 1.807) is 30.1 Å². The number of hydrogen-bond acceptors (Lipinski definition) is 6. The molecule has 1 amide bonds. The summed E-state index contributed by atoms with van der Waals surface area (Å²) in [5.41, 5.74) is 1.76. The summed E-state index contributed by atoms with van der Waals surface area (Å²) >= 11 is 1.59. The van der Waals surface area contributed by atoms with Crippen molar-refractivity contribution in [3.8, 4) is 0 Å². The molecule has 0 saturated carbocycles. The van der Waals surface area contributed by atoms with E-state index in [9.17, 15) is 4.79 Å². The number of nitrogens with zero attached hydrogens (tertiary/aromatic N) is 4. The molecular formula is C21H26N6OS. The minimum absolute atomic E-state index is 0.135. The molecule has 0 aliphatic rings. The molecule has 2 heterocycles. The third kappa shape index (κ3) is 5.80. The van der Waals surface area contributed by atoms with E-state index in [4.69, 9.17) is 0 Å². The van der Waals surface area contributed by atoms with Crippen LogP contribution in [0.15, 0.2) is 47.8 Å². The molecule has 29 heavy (non-hydrogen) atoms. The highest BCUT2D eigenvalue weighted by atomic mass is 32.2. The summed E-state index contributed by atoms with van der Waals surface area (Å²) in [6.07, 6.45) is 5.11. The molecule has 0 unspecified atom stereocenters. The van der Waals surface area contributed by atoms with Gasteiger partial charge in [0.05, 0.1) is 18.1 Å². The second kappa shape index (κ2) is 10.1. The van der Waals surface area contributed by atoms with Gasteiger partial charge in [-0.25, -0.2) is 14.6 Å². The van der Waals surface area contributed by atoms with Gasteiger partial charge in [-0.3, -0.25) is 4.79 Å². The number of carbonyl (C=O) groups is 1. The Morgan fingerprint density at radius 2 is 2.03 bits per heavy atom. The predicted molar refractivity (Wildman–Crippen MR) is 119 cm³/mol. The van der Waals surface area contributed by atoms with E-state index in [1.807, 2.05) is 35.0 Å². The van der Waals surface area contributed by atoms with Crippen molar-refractivity contribution < 1.29 is 4.79 Å². The van der Waals surface area contributed by atoms with Crippen molar-refractivity contribution in [2.45, 2.75) is 38.5 Å². The summed E-state index contributed by atoms with van der Waals surface area (Å²) in [6.45, 7) is 7.21. The van der Waals surface area contributed by atoms with E-state index < -0.39 is 0 Å². The number of carbonyl (C=O) groups excluding carboxylic acids is 1. The highest BCUT2D eigenvalue weighted by Crippen LogP contribution is 2.24. The zero-order valence-corrected chi connectivity index (χ0v) is 17.7. The lowest BCUT2D eigenvalue weighted by Gasteiger charge is -2.11. The number of aromatic nitrogens is 4. The number of rotatable bonds is 9. The fraction of sp³-hybridized carbons (Fsp3) is 0.333. The number of hydrogen-bond donors (Lipinski definition) is 2. The molecule has 0 aliphatic heterocycles. The maximum Gasteiger partial charge on any atom is 0.244 e. The summed E-state index contributed by atoms with van der Waals surface area (Å²) in [5.74, 6) is 1.55. The van der Waals surface area contributed by atoms with Gasteiger partial charge in [0.15, 0.2) is 10.8 Å². The van der Waals surface area contributed by atoms with Gasteiger partial charge in [-0.1, -0.05) is 49.0 Å². The monoisotopic (exact) mass is 410 g/mol. The van der Waals surface area contributed by atoms with Gasteiger partial charge in [-0.15, -0.1) is 0 Å². The summed E-state index contributed by atoms with van der Waals surface area (Å²) < 4.78 is 1.81. The standard InChI is InChI=1S/C21H26N6OS/c1-4-29-21-25-19(24-15(2)3)17-14-23-27(20(17)26-21)13-12-22-18(28)11-10-16-8-6-5-7-9-16/h5-11,14-15H,4,12-13H2,1-3H3,(H,22,28)(H,24,25,26)/b11-10-. The Balaban J connectivity index is 1.67. The van der Waals surface area contributed by atoms with Crippen molar-refractivity contribution in [2.24, 2.45) is 0 Å². The van der Waals surface area contributed by atoms with Crippen LogP contribution in [0, 0.1) is 0 Å². The van der Waals surface area contributed by atoms with E-state index in [1.165, 1.54) is 0 Å². The second-order valence-electron chi connectivity index (χ2n) is 6.73. The van der Waals surface area contributed by atoms with Crippen LogP contribution in [-0.4, -0.2) is 44.0 Å². The Hall–Kier alpha value is -2.87. The second-order valence-corrected chi connectivity index (χ2v) is 7.96. The molecule has 8 heteroatoms. The molecule has 0 spiro atoms. The summed E-state index contributed by atoms with van der Waals surface area (Å²) in [4.78, 5) is 21.3. The van der Waals surface area contributed by atoms with E-state index in [-0.39, 0.29) is 11.9 Å². The van der Waals surface area contributed by atoms with E-state index >= 15 is 0 Å². The van der Waals surface area contributed by atoms with Crippen molar-refractivity contribution in [3.63, 3.8) is 0 Å². The molecule has 0 fully saturated rings. The fourth-order valence-electron chi connectivity index (χ4n) is 2.76. The van der Waals surface area contributed by atoms with Gasteiger partial charge in [0.1, 0.15) is 5.82 Å². The normalized spacial score (nSPS) is 11.4. The molecule has 0 radical (unpaired) electrons. The lowest BCUT2D eigenvalue weighted by molar-refractivity contribution is -0.116. The SMILES string of the molecule is CCSc1nc(NC(C)C)c2cnn(CCNC(=O)/C=C\c3ccccc3)c2n1. The highest BCUT2D eigenvalue weighted by molar-refractivity contribution is 7.99. The Morgan fingerprint density at radius 1 is 1.24 bits per heavy atom. The highest BCUT2D eigenvalue weighted by Gasteiger charge is 2.13. The van der Waals surface area contributed by atoms with Gasteiger partial charge in [0.2, 0.25) is 5.91 Å².